The first-order valence-electron chi connectivity index (χ1n) is 6.50. The molecular weight excluding hydrogens is 224 g/mol. The third-order valence-corrected chi connectivity index (χ3v) is 3.38. The van der Waals surface area contributed by atoms with Crippen LogP contribution in [0.1, 0.15) is 25.0 Å². The molecule has 0 spiro atoms. The van der Waals surface area contributed by atoms with E-state index in [2.05, 4.69) is 30.1 Å². The Labute approximate surface area is 108 Å². The minimum atomic E-state index is 0.197. The highest BCUT2D eigenvalue weighted by molar-refractivity contribution is 5.89. The molecular formula is C15H20N2O. The summed E-state index contributed by atoms with van der Waals surface area (Å²) in [5.74, 6) is 0.197. The number of hydrogen-bond acceptors (Lipinski definition) is 1. The number of rotatable bonds is 4. The van der Waals surface area contributed by atoms with Crippen LogP contribution in [0.5, 0.6) is 0 Å². The van der Waals surface area contributed by atoms with Gasteiger partial charge < -0.3 is 9.88 Å². The highest BCUT2D eigenvalue weighted by Gasteiger charge is 2.13. The fourth-order valence-electron chi connectivity index (χ4n) is 2.29. The molecule has 96 valence electrons. The van der Waals surface area contributed by atoms with Crippen LogP contribution in [0, 0.1) is 6.92 Å². The Morgan fingerprint density at radius 2 is 2.00 bits per heavy atom. The quantitative estimate of drug-likeness (QED) is 0.882. The molecule has 0 bridgehead atoms. The first kappa shape index (κ1) is 12.7. The Bertz CT molecular complexity index is 553. The van der Waals surface area contributed by atoms with Gasteiger partial charge in [-0.25, -0.2) is 0 Å². The lowest BCUT2D eigenvalue weighted by molar-refractivity contribution is -0.130. The molecule has 3 nitrogen and oxygen atoms in total. The molecule has 18 heavy (non-hydrogen) atoms. The molecule has 0 radical (unpaired) electrons. The van der Waals surface area contributed by atoms with E-state index >= 15 is 0 Å². The van der Waals surface area contributed by atoms with Gasteiger partial charge >= 0.3 is 0 Å². The molecule has 3 heteroatoms. The minimum Gasteiger partial charge on any atom is -0.361 e. The molecule has 0 saturated carbocycles. The first-order chi connectivity index (χ1) is 8.65. The van der Waals surface area contributed by atoms with E-state index in [9.17, 15) is 4.79 Å². The van der Waals surface area contributed by atoms with Crippen LogP contribution in [0.3, 0.4) is 0 Å². The summed E-state index contributed by atoms with van der Waals surface area (Å²) in [6, 6.07) is 6.28. The number of amides is 1. The van der Waals surface area contributed by atoms with Gasteiger partial charge in [-0.05, 0) is 38.5 Å². The number of carbonyl (C=O) groups excluding carboxylic acids is 1. The molecule has 2 rings (SSSR count). The Hall–Kier alpha value is -1.77. The fraction of sp³-hybridized carbons (Fsp3) is 0.400. The second-order valence-electron chi connectivity index (χ2n) is 4.61. The van der Waals surface area contributed by atoms with E-state index in [0.717, 1.165) is 29.6 Å². The van der Waals surface area contributed by atoms with Crippen molar-refractivity contribution in [2.75, 3.05) is 13.1 Å². The van der Waals surface area contributed by atoms with Gasteiger partial charge in [-0.1, -0.05) is 11.6 Å². The van der Waals surface area contributed by atoms with Crippen LogP contribution in [0.25, 0.3) is 10.9 Å². The van der Waals surface area contributed by atoms with Crippen LogP contribution in [-0.4, -0.2) is 28.9 Å². The normalized spacial score (nSPS) is 10.8. The van der Waals surface area contributed by atoms with Gasteiger partial charge in [0.15, 0.2) is 0 Å². The van der Waals surface area contributed by atoms with E-state index in [-0.39, 0.29) is 5.91 Å². The summed E-state index contributed by atoms with van der Waals surface area (Å²) < 4.78 is 0. The molecule has 0 unspecified atom stereocenters. The van der Waals surface area contributed by atoms with E-state index < -0.39 is 0 Å². The first-order valence-corrected chi connectivity index (χ1v) is 6.50. The highest BCUT2D eigenvalue weighted by atomic mass is 16.2. The summed E-state index contributed by atoms with van der Waals surface area (Å²) in [5, 5.41) is 1.16. The van der Waals surface area contributed by atoms with Crippen molar-refractivity contribution in [2.24, 2.45) is 0 Å². The van der Waals surface area contributed by atoms with Gasteiger partial charge in [-0.3, -0.25) is 4.79 Å². The number of aryl methyl sites for hydroxylation is 1. The maximum atomic E-state index is 12.1. The van der Waals surface area contributed by atoms with Gasteiger partial charge in [-0.2, -0.15) is 0 Å². The molecule has 0 saturated heterocycles. The number of aromatic nitrogens is 1. The van der Waals surface area contributed by atoms with E-state index in [4.69, 9.17) is 0 Å². The van der Waals surface area contributed by atoms with Crippen molar-refractivity contribution in [2.45, 2.75) is 27.2 Å². The second-order valence-corrected chi connectivity index (χ2v) is 4.61. The fourth-order valence-corrected chi connectivity index (χ4v) is 2.29. The number of nitrogens with zero attached hydrogens (tertiary/aromatic N) is 1. The number of aromatic amines is 1. The lowest BCUT2D eigenvalue weighted by Gasteiger charge is -2.18. The standard InChI is InChI=1S/C15H20N2O/c1-4-17(5-2)15(18)9-12-10-16-14-7-6-11(3)8-13(12)14/h6-8,10,16H,4-5,9H2,1-3H3. The predicted octanol–water partition coefficient (Wildman–Crippen LogP) is 2.89. The molecule has 1 amide bonds. The zero-order valence-corrected chi connectivity index (χ0v) is 11.3. The Kier molecular flexibility index (Phi) is 3.70. The smallest absolute Gasteiger partial charge is 0.227 e. The number of carbonyl (C=O) groups is 1. The summed E-state index contributed by atoms with van der Waals surface area (Å²) in [6.45, 7) is 7.65. The number of H-pyrrole nitrogens is 1. The van der Waals surface area contributed by atoms with Crippen molar-refractivity contribution in [1.82, 2.24) is 9.88 Å². The molecule has 1 aromatic heterocycles. The molecule has 0 atom stereocenters. The van der Waals surface area contributed by atoms with Gasteiger partial charge in [0.25, 0.3) is 0 Å². The van der Waals surface area contributed by atoms with Crippen molar-refractivity contribution >= 4 is 16.8 Å². The van der Waals surface area contributed by atoms with Crippen LogP contribution < -0.4 is 0 Å². The monoisotopic (exact) mass is 244 g/mol. The molecule has 0 aliphatic rings. The molecule has 0 aliphatic carbocycles. The third-order valence-electron chi connectivity index (χ3n) is 3.38. The highest BCUT2D eigenvalue weighted by Crippen LogP contribution is 2.20. The van der Waals surface area contributed by atoms with Gasteiger partial charge in [0.05, 0.1) is 6.42 Å². The van der Waals surface area contributed by atoms with Crippen LogP contribution in [0.2, 0.25) is 0 Å². The SMILES string of the molecule is CCN(CC)C(=O)Cc1c[nH]c2ccc(C)cc12. The van der Waals surface area contributed by atoms with Crippen molar-refractivity contribution in [3.63, 3.8) is 0 Å². The maximum absolute atomic E-state index is 12.1. The molecule has 1 N–H and O–H groups in total. The largest absolute Gasteiger partial charge is 0.361 e. The number of fused-ring (bicyclic) bond motifs is 1. The lowest BCUT2D eigenvalue weighted by Crippen LogP contribution is -2.31. The van der Waals surface area contributed by atoms with E-state index in [0.29, 0.717) is 6.42 Å². The Morgan fingerprint density at radius 3 is 2.67 bits per heavy atom. The van der Waals surface area contributed by atoms with Crippen LogP contribution in [0.15, 0.2) is 24.4 Å². The number of hydrogen-bond donors (Lipinski definition) is 1. The average molecular weight is 244 g/mol. The summed E-state index contributed by atoms with van der Waals surface area (Å²) in [6.07, 6.45) is 2.43. The number of likely N-dealkylation sites (N-methyl/N-ethyl adjacent to an activating group) is 1. The Morgan fingerprint density at radius 1 is 1.28 bits per heavy atom. The van der Waals surface area contributed by atoms with E-state index in [1.807, 2.05) is 24.9 Å². The van der Waals surface area contributed by atoms with Crippen molar-refractivity contribution in [3.8, 4) is 0 Å². The van der Waals surface area contributed by atoms with Gasteiger partial charge in [0, 0.05) is 30.2 Å². The van der Waals surface area contributed by atoms with Crippen molar-refractivity contribution < 1.29 is 4.79 Å². The Balaban J connectivity index is 2.26. The summed E-state index contributed by atoms with van der Waals surface area (Å²) in [7, 11) is 0. The third kappa shape index (κ3) is 2.40. The summed E-state index contributed by atoms with van der Waals surface area (Å²) in [5.41, 5.74) is 3.41. The lowest BCUT2D eigenvalue weighted by atomic mass is 10.1. The van der Waals surface area contributed by atoms with E-state index in [1.165, 1.54) is 5.56 Å². The van der Waals surface area contributed by atoms with Crippen LogP contribution in [0.4, 0.5) is 0 Å². The topological polar surface area (TPSA) is 36.1 Å². The van der Waals surface area contributed by atoms with Crippen molar-refractivity contribution in [3.05, 3.63) is 35.5 Å². The molecule has 1 heterocycles. The second kappa shape index (κ2) is 5.25. The molecule has 0 fully saturated rings. The molecule has 2 aromatic rings. The minimum absolute atomic E-state index is 0.197. The average Bonchev–Trinajstić information content (AvgIpc) is 2.73. The van der Waals surface area contributed by atoms with Gasteiger partial charge in [0.2, 0.25) is 5.91 Å². The van der Waals surface area contributed by atoms with Gasteiger partial charge in [-0.15, -0.1) is 0 Å². The van der Waals surface area contributed by atoms with E-state index in [1.54, 1.807) is 0 Å². The zero-order valence-electron chi connectivity index (χ0n) is 11.3. The predicted molar refractivity (Wildman–Crippen MR) is 74.7 cm³/mol. The summed E-state index contributed by atoms with van der Waals surface area (Å²) in [4.78, 5) is 17.2. The number of nitrogens with one attached hydrogen (secondary N) is 1. The zero-order chi connectivity index (χ0) is 13.1. The molecule has 0 aliphatic heterocycles. The number of benzene rings is 1. The maximum Gasteiger partial charge on any atom is 0.227 e. The summed E-state index contributed by atoms with van der Waals surface area (Å²) >= 11 is 0. The van der Waals surface area contributed by atoms with Crippen molar-refractivity contribution in [1.29, 1.82) is 0 Å². The van der Waals surface area contributed by atoms with Gasteiger partial charge in [0.1, 0.15) is 0 Å². The molecule has 1 aromatic carbocycles. The van der Waals surface area contributed by atoms with Crippen LogP contribution in [-0.2, 0) is 11.2 Å². The van der Waals surface area contributed by atoms with Crippen LogP contribution >= 0.6 is 0 Å².